The van der Waals surface area contributed by atoms with Gasteiger partial charge in [0.1, 0.15) is 6.42 Å². The SMILES string of the molecule is CCOC(=O)CC(=O)c1cccc(F)c1O. The largest absolute Gasteiger partial charge is 0.504 e. The van der Waals surface area contributed by atoms with E-state index in [1.165, 1.54) is 12.1 Å². The fourth-order valence-electron chi connectivity index (χ4n) is 1.18. The first kappa shape index (κ1) is 12.2. The van der Waals surface area contributed by atoms with Crippen LogP contribution < -0.4 is 0 Å². The van der Waals surface area contributed by atoms with Crippen LogP contribution >= 0.6 is 0 Å². The molecule has 0 saturated heterocycles. The fourth-order valence-corrected chi connectivity index (χ4v) is 1.18. The molecule has 0 amide bonds. The van der Waals surface area contributed by atoms with Crippen molar-refractivity contribution in [1.82, 2.24) is 0 Å². The lowest BCUT2D eigenvalue weighted by molar-refractivity contribution is -0.141. The van der Waals surface area contributed by atoms with Crippen LogP contribution in [-0.2, 0) is 9.53 Å². The lowest BCUT2D eigenvalue weighted by Crippen LogP contribution is -2.11. The Kier molecular flexibility index (Phi) is 3.99. The topological polar surface area (TPSA) is 63.6 Å². The summed E-state index contributed by atoms with van der Waals surface area (Å²) in [7, 11) is 0. The molecule has 1 N–H and O–H groups in total. The van der Waals surface area contributed by atoms with Gasteiger partial charge >= 0.3 is 5.97 Å². The number of phenolic OH excluding ortho intramolecular Hbond substituents is 1. The van der Waals surface area contributed by atoms with E-state index in [0.29, 0.717) is 0 Å². The lowest BCUT2D eigenvalue weighted by Gasteiger charge is -2.04. The number of ketones is 1. The molecule has 0 aliphatic rings. The van der Waals surface area contributed by atoms with Gasteiger partial charge in [0, 0.05) is 0 Å². The number of rotatable bonds is 4. The van der Waals surface area contributed by atoms with E-state index in [4.69, 9.17) is 0 Å². The first-order valence-electron chi connectivity index (χ1n) is 4.72. The van der Waals surface area contributed by atoms with Crippen LogP contribution in [0.1, 0.15) is 23.7 Å². The summed E-state index contributed by atoms with van der Waals surface area (Å²) in [4.78, 5) is 22.5. The summed E-state index contributed by atoms with van der Waals surface area (Å²) in [6, 6.07) is 3.56. The number of hydrogen-bond donors (Lipinski definition) is 1. The number of esters is 1. The van der Waals surface area contributed by atoms with E-state index in [0.717, 1.165) is 6.07 Å². The standard InChI is InChI=1S/C11H11FO4/c1-2-16-10(14)6-9(13)7-4-3-5-8(12)11(7)15/h3-5,15H,2,6H2,1H3. The van der Waals surface area contributed by atoms with E-state index in [9.17, 15) is 19.1 Å². The molecule has 16 heavy (non-hydrogen) atoms. The summed E-state index contributed by atoms with van der Waals surface area (Å²) < 4.78 is 17.5. The maximum Gasteiger partial charge on any atom is 0.313 e. The number of hydrogen-bond acceptors (Lipinski definition) is 4. The summed E-state index contributed by atoms with van der Waals surface area (Å²) in [6.45, 7) is 1.78. The van der Waals surface area contributed by atoms with E-state index in [1.54, 1.807) is 6.92 Å². The van der Waals surface area contributed by atoms with Crippen molar-refractivity contribution in [1.29, 1.82) is 0 Å². The first-order valence-corrected chi connectivity index (χ1v) is 4.72. The predicted molar refractivity (Wildman–Crippen MR) is 53.6 cm³/mol. The third-order valence-corrected chi connectivity index (χ3v) is 1.90. The molecule has 0 atom stereocenters. The van der Waals surface area contributed by atoms with Gasteiger partial charge in [-0.2, -0.15) is 0 Å². The molecular weight excluding hydrogens is 215 g/mol. The number of benzene rings is 1. The van der Waals surface area contributed by atoms with Crippen LogP contribution in [0.2, 0.25) is 0 Å². The van der Waals surface area contributed by atoms with Crippen molar-refractivity contribution >= 4 is 11.8 Å². The summed E-state index contributed by atoms with van der Waals surface area (Å²) in [5.41, 5.74) is -0.215. The molecule has 5 heteroatoms. The Morgan fingerprint density at radius 1 is 1.44 bits per heavy atom. The minimum Gasteiger partial charge on any atom is -0.504 e. The molecule has 0 heterocycles. The van der Waals surface area contributed by atoms with E-state index in [-0.39, 0.29) is 12.2 Å². The maximum atomic E-state index is 12.9. The molecule has 0 fully saturated rings. The van der Waals surface area contributed by atoms with Crippen LogP contribution in [0.25, 0.3) is 0 Å². The van der Waals surface area contributed by atoms with E-state index in [2.05, 4.69) is 4.74 Å². The van der Waals surface area contributed by atoms with Crippen molar-refractivity contribution in [3.63, 3.8) is 0 Å². The Balaban J connectivity index is 2.81. The third kappa shape index (κ3) is 2.79. The van der Waals surface area contributed by atoms with Gasteiger partial charge in [0.25, 0.3) is 0 Å². The number of carbonyl (C=O) groups is 2. The van der Waals surface area contributed by atoms with Crippen LogP contribution in [0.4, 0.5) is 4.39 Å². The van der Waals surface area contributed by atoms with Crippen molar-refractivity contribution in [2.45, 2.75) is 13.3 Å². The van der Waals surface area contributed by atoms with E-state index < -0.39 is 29.7 Å². The van der Waals surface area contributed by atoms with Crippen molar-refractivity contribution in [3.05, 3.63) is 29.6 Å². The minimum absolute atomic E-state index is 0.168. The molecule has 0 aliphatic carbocycles. The maximum absolute atomic E-state index is 12.9. The molecule has 0 unspecified atom stereocenters. The number of aromatic hydroxyl groups is 1. The lowest BCUT2D eigenvalue weighted by atomic mass is 10.1. The molecule has 0 aromatic heterocycles. The third-order valence-electron chi connectivity index (χ3n) is 1.90. The summed E-state index contributed by atoms with van der Waals surface area (Å²) in [6.07, 6.45) is -0.509. The van der Waals surface area contributed by atoms with Gasteiger partial charge in [-0.15, -0.1) is 0 Å². The van der Waals surface area contributed by atoms with Gasteiger partial charge in [-0.1, -0.05) is 6.07 Å². The fraction of sp³-hybridized carbons (Fsp3) is 0.273. The van der Waals surface area contributed by atoms with Gasteiger partial charge in [0.05, 0.1) is 12.2 Å². The molecular formula is C11H11FO4. The zero-order valence-electron chi connectivity index (χ0n) is 8.70. The Labute approximate surface area is 91.7 Å². The van der Waals surface area contributed by atoms with Gasteiger partial charge in [-0.3, -0.25) is 9.59 Å². The Hall–Kier alpha value is -1.91. The summed E-state index contributed by atoms with van der Waals surface area (Å²) in [5, 5.41) is 9.26. The highest BCUT2D eigenvalue weighted by atomic mass is 19.1. The van der Waals surface area contributed by atoms with Gasteiger partial charge in [0.2, 0.25) is 0 Å². The number of Topliss-reactive ketones (excluding diaryl/α,β-unsaturated/α-hetero) is 1. The number of phenols is 1. The highest BCUT2D eigenvalue weighted by Crippen LogP contribution is 2.21. The number of halogens is 1. The second-order valence-electron chi connectivity index (χ2n) is 3.04. The molecule has 1 aromatic rings. The van der Waals surface area contributed by atoms with Crippen molar-refractivity contribution < 1.29 is 23.8 Å². The van der Waals surface area contributed by atoms with Crippen LogP contribution in [0, 0.1) is 5.82 Å². The number of carbonyl (C=O) groups excluding carboxylic acids is 2. The zero-order chi connectivity index (χ0) is 12.1. The molecule has 0 saturated carbocycles. The first-order chi connectivity index (χ1) is 7.56. The molecule has 86 valence electrons. The second-order valence-corrected chi connectivity index (χ2v) is 3.04. The average molecular weight is 226 g/mol. The zero-order valence-corrected chi connectivity index (χ0v) is 8.70. The van der Waals surface area contributed by atoms with E-state index in [1.807, 2.05) is 0 Å². The second kappa shape index (κ2) is 5.25. The van der Waals surface area contributed by atoms with Gasteiger partial charge in [-0.05, 0) is 19.1 Å². The Morgan fingerprint density at radius 2 is 2.12 bits per heavy atom. The smallest absolute Gasteiger partial charge is 0.313 e. The van der Waals surface area contributed by atoms with Gasteiger partial charge < -0.3 is 9.84 Å². The normalized spacial score (nSPS) is 9.88. The number of para-hydroxylation sites is 1. The van der Waals surface area contributed by atoms with Crippen LogP contribution in [0.5, 0.6) is 5.75 Å². The van der Waals surface area contributed by atoms with Crippen molar-refractivity contribution in [2.75, 3.05) is 6.61 Å². The van der Waals surface area contributed by atoms with Crippen LogP contribution in [-0.4, -0.2) is 23.5 Å². The summed E-state index contributed by atoms with van der Waals surface area (Å²) >= 11 is 0. The molecule has 1 aromatic carbocycles. The highest BCUT2D eigenvalue weighted by Gasteiger charge is 2.17. The Morgan fingerprint density at radius 3 is 2.75 bits per heavy atom. The molecule has 1 rings (SSSR count). The monoisotopic (exact) mass is 226 g/mol. The highest BCUT2D eigenvalue weighted by molar-refractivity contribution is 6.07. The molecule has 0 bridgehead atoms. The van der Waals surface area contributed by atoms with Gasteiger partial charge in [-0.25, -0.2) is 4.39 Å². The van der Waals surface area contributed by atoms with Crippen molar-refractivity contribution in [2.24, 2.45) is 0 Å². The van der Waals surface area contributed by atoms with Crippen molar-refractivity contribution in [3.8, 4) is 5.75 Å². The predicted octanol–water partition coefficient (Wildman–Crippen LogP) is 1.67. The molecule has 0 spiro atoms. The molecule has 0 radical (unpaired) electrons. The Bertz CT molecular complexity index is 414. The van der Waals surface area contributed by atoms with Gasteiger partial charge in [0.15, 0.2) is 17.3 Å². The van der Waals surface area contributed by atoms with Crippen LogP contribution in [0.15, 0.2) is 18.2 Å². The average Bonchev–Trinajstić information content (AvgIpc) is 2.22. The summed E-state index contributed by atoms with van der Waals surface area (Å²) in [5.74, 6) is -3.00. The number of ether oxygens (including phenoxy) is 1. The molecule has 4 nitrogen and oxygen atoms in total. The quantitative estimate of drug-likeness (QED) is 0.482. The van der Waals surface area contributed by atoms with Crippen LogP contribution in [0.3, 0.4) is 0 Å². The molecule has 0 aliphatic heterocycles. The minimum atomic E-state index is -0.894. The van der Waals surface area contributed by atoms with E-state index >= 15 is 0 Å².